The van der Waals surface area contributed by atoms with Gasteiger partial charge in [0.25, 0.3) is 0 Å². The van der Waals surface area contributed by atoms with Gasteiger partial charge in [-0.05, 0) is 25.5 Å². The Bertz CT molecular complexity index is 426. The summed E-state index contributed by atoms with van der Waals surface area (Å²) in [6.45, 7) is 2.69. The highest BCUT2D eigenvalue weighted by molar-refractivity contribution is 5.95. The molecular weight excluding hydrogens is 230 g/mol. The zero-order valence-corrected chi connectivity index (χ0v) is 10.3. The molecule has 1 unspecified atom stereocenters. The van der Waals surface area contributed by atoms with E-state index in [9.17, 15) is 4.79 Å². The lowest BCUT2D eigenvalue weighted by Crippen LogP contribution is -2.24. The number of hydrogen-bond donors (Lipinski definition) is 1. The molecule has 2 aliphatic heterocycles. The average Bonchev–Trinajstić information content (AvgIpc) is 3.02. The van der Waals surface area contributed by atoms with E-state index in [2.05, 4.69) is 10.3 Å². The van der Waals surface area contributed by atoms with Crippen LogP contribution in [0.25, 0.3) is 0 Å². The van der Waals surface area contributed by atoms with Crippen LogP contribution in [0.5, 0.6) is 5.88 Å². The van der Waals surface area contributed by atoms with Crippen molar-refractivity contribution < 1.29 is 9.53 Å². The van der Waals surface area contributed by atoms with Gasteiger partial charge in [-0.1, -0.05) is 0 Å². The summed E-state index contributed by atoms with van der Waals surface area (Å²) in [6.07, 6.45) is 4.54. The summed E-state index contributed by atoms with van der Waals surface area (Å²) in [5.74, 6) is 0.824. The number of rotatable bonds is 3. The van der Waals surface area contributed by atoms with Crippen molar-refractivity contribution in [2.45, 2.75) is 25.4 Å². The van der Waals surface area contributed by atoms with Crippen LogP contribution in [-0.4, -0.2) is 36.6 Å². The lowest BCUT2D eigenvalue weighted by atomic mass is 10.3. The van der Waals surface area contributed by atoms with Crippen molar-refractivity contribution in [1.82, 2.24) is 10.3 Å². The first kappa shape index (κ1) is 11.5. The van der Waals surface area contributed by atoms with Crippen LogP contribution >= 0.6 is 0 Å². The van der Waals surface area contributed by atoms with Crippen molar-refractivity contribution in [2.75, 3.05) is 24.5 Å². The fourth-order valence-electron chi connectivity index (χ4n) is 2.42. The zero-order valence-electron chi connectivity index (χ0n) is 10.3. The van der Waals surface area contributed by atoms with E-state index in [4.69, 9.17) is 4.74 Å². The fraction of sp³-hybridized carbons (Fsp3) is 0.538. The van der Waals surface area contributed by atoms with E-state index < -0.39 is 0 Å². The van der Waals surface area contributed by atoms with Crippen LogP contribution in [-0.2, 0) is 4.79 Å². The minimum atomic E-state index is 0.186. The summed E-state index contributed by atoms with van der Waals surface area (Å²) in [4.78, 5) is 17.7. The fourth-order valence-corrected chi connectivity index (χ4v) is 2.42. The van der Waals surface area contributed by atoms with Gasteiger partial charge in [0.1, 0.15) is 6.10 Å². The molecule has 0 aromatic carbocycles. The molecule has 0 aliphatic carbocycles. The molecule has 3 heterocycles. The summed E-state index contributed by atoms with van der Waals surface area (Å²) in [5, 5.41) is 3.25. The molecule has 1 aromatic rings. The van der Waals surface area contributed by atoms with Crippen LogP contribution < -0.4 is 15.0 Å². The highest BCUT2D eigenvalue weighted by Crippen LogP contribution is 2.22. The number of nitrogens with zero attached hydrogens (tertiary/aromatic N) is 2. The predicted molar refractivity (Wildman–Crippen MR) is 67.7 cm³/mol. The van der Waals surface area contributed by atoms with Crippen molar-refractivity contribution in [1.29, 1.82) is 0 Å². The van der Waals surface area contributed by atoms with E-state index in [1.807, 2.05) is 12.1 Å². The molecule has 0 radical (unpaired) electrons. The van der Waals surface area contributed by atoms with Crippen LogP contribution in [0, 0.1) is 0 Å². The molecule has 1 N–H and O–H groups in total. The second kappa shape index (κ2) is 4.94. The van der Waals surface area contributed by atoms with Gasteiger partial charge in [0.2, 0.25) is 11.8 Å². The Morgan fingerprint density at radius 2 is 2.39 bits per heavy atom. The number of carbonyl (C=O) groups is 1. The molecule has 5 heteroatoms. The minimum absolute atomic E-state index is 0.186. The van der Waals surface area contributed by atoms with Crippen molar-refractivity contribution in [3.63, 3.8) is 0 Å². The first-order chi connectivity index (χ1) is 8.83. The molecule has 96 valence electrons. The van der Waals surface area contributed by atoms with Crippen molar-refractivity contribution in [3.8, 4) is 5.88 Å². The number of anilines is 1. The van der Waals surface area contributed by atoms with Crippen molar-refractivity contribution >= 4 is 11.6 Å². The van der Waals surface area contributed by atoms with E-state index in [-0.39, 0.29) is 12.0 Å². The van der Waals surface area contributed by atoms with Crippen molar-refractivity contribution in [2.24, 2.45) is 0 Å². The quantitative estimate of drug-likeness (QED) is 0.864. The van der Waals surface area contributed by atoms with Crippen LogP contribution in [0.3, 0.4) is 0 Å². The van der Waals surface area contributed by atoms with E-state index in [1.165, 1.54) is 0 Å². The Morgan fingerprint density at radius 1 is 1.44 bits per heavy atom. The van der Waals surface area contributed by atoms with E-state index in [0.717, 1.165) is 38.2 Å². The highest BCUT2D eigenvalue weighted by atomic mass is 16.5. The standard InChI is InChI=1S/C13H17N3O2/c17-13-2-1-7-16(13)10-3-4-12(15-8-10)18-11-5-6-14-9-11/h3-4,8,11,14H,1-2,5-7,9H2. The Morgan fingerprint density at radius 3 is 3.00 bits per heavy atom. The molecule has 0 spiro atoms. The van der Waals surface area contributed by atoms with Crippen LogP contribution in [0.15, 0.2) is 18.3 Å². The molecule has 2 aliphatic rings. The highest BCUT2D eigenvalue weighted by Gasteiger charge is 2.22. The number of hydrogen-bond acceptors (Lipinski definition) is 4. The molecule has 3 rings (SSSR count). The largest absolute Gasteiger partial charge is 0.473 e. The smallest absolute Gasteiger partial charge is 0.227 e. The molecule has 2 fully saturated rings. The van der Waals surface area contributed by atoms with Gasteiger partial charge in [-0.3, -0.25) is 4.79 Å². The minimum Gasteiger partial charge on any atom is -0.473 e. The van der Waals surface area contributed by atoms with Gasteiger partial charge in [-0.2, -0.15) is 0 Å². The second-order valence-corrected chi connectivity index (χ2v) is 4.74. The first-order valence-corrected chi connectivity index (χ1v) is 6.47. The number of pyridine rings is 1. The Hall–Kier alpha value is -1.62. The molecule has 5 nitrogen and oxygen atoms in total. The molecule has 18 heavy (non-hydrogen) atoms. The molecule has 1 atom stereocenters. The van der Waals surface area contributed by atoms with Gasteiger partial charge in [-0.15, -0.1) is 0 Å². The zero-order chi connectivity index (χ0) is 12.4. The first-order valence-electron chi connectivity index (χ1n) is 6.47. The normalized spacial score (nSPS) is 23.7. The van der Waals surface area contributed by atoms with Crippen molar-refractivity contribution in [3.05, 3.63) is 18.3 Å². The number of amides is 1. The third kappa shape index (κ3) is 2.31. The summed E-state index contributed by atoms with van der Waals surface area (Å²) in [7, 11) is 0. The van der Waals surface area contributed by atoms with E-state index in [1.54, 1.807) is 11.1 Å². The maximum Gasteiger partial charge on any atom is 0.227 e. The molecule has 0 saturated carbocycles. The van der Waals surface area contributed by atoms with Gasteiger partial charge >= 0.3 is 0 Å². The summed E-state index contributed by atoms with van der Waals surface area (Å²) in [5.41, 5.74) is 0.870. The lowest BCUT2D eigenvalue weighted by Gasteiger charge is -2.16. The van der Waals surface area contributed by atoms with Gasteiger partial charge < -0.3 is 15.0 Å². The van der Waals surface area contributed by atoms with Gasteiger partial charge in [-0.25, -0.2) is 4.98 Å². The Labute approximate surface area is 106 Å². The topological polar surface area (TPSA) is 54.5 Å². The van der Waals surface area contributed by atoms with Gasteiger partial charge in [0.15, 0.2) is 0 Å². The monoisotopic (exact) mass is 247 g/mol. The third-order valence-corrected chi connectivity index (χ3v) is 3.41. The SMILES string of the molecule is O=C1CCCN1c1ccc(OC2CCNC2)nc1. The number of ether oxygens (including phenoxy) is 1. The van der Waals surface area contributed by atoms with Crippen LogP contribution in [0.1, 0.15) is 19.3 Å². The summed E-state index contributed by atoms with van der Waals surface area (Å²) in [6, 6.07) is 3.76. The maximum atomic E-state index is 11.6. The molecule has 2 saturated heterocycles. The number of carbonyl (C=O) groups excluding carboxylic acids is 1. The third-order valence-electron chi connectivity index (χ3n) is 3.41. The number of nitrogens with one attached hydrogen (secondary N) is 1. The van der Waals surface area contributed by atoms with Gasteiger partial charge in [0.05, 0.1) is 11.9 Å². The molecule has 0 bridgehead atoms. The molecular formula is C13H17N3O2. The average molecular weight is 247 g/mol. The number of aromatic nitrogens is 1. The molecule has 1 amide bonds. The second-order valence-electron chi connectivity index (χ2n) is 4.74. The predicted octanol–water partition coefficient (Wildman–Crippen LogP) is 0.949. The lowest BCUT2D eigenvalue weighted by molar-refractivity contribution is -0.117. The van der Waals surface area contributed by atoms with Gasteiger partial charge in [0, 0.05) is 25.6 Å². The summed E-state index contributed by atoms with van der Waals surface area (Å²) < 4.78 is 5.74. The van der Waals surface area contributed by atoms with E-state index in [0.29, 0.717) is 12.3 Å². The maximum absolute atomic E-state index is 11.6. The Balaban J connectivity index is 1.66. The Kier molecular flexibility index (Phi) is 3.15. The van der Waals surface area contributed by atoms with E-state index >= 15 is 0 Å². The summed E-state index contributed by atoms with van der Waals surface area (Å²) >= 11 is 0. The van der Waals surface area contributed by atoms with Crippen LogP contribution in [0.4, 0.5) is 5.69 Å². The van der Waals surface area contributed by atoms with Crippen LogP contribution in [0.2, 0.25) is 0 Å². The molecule has 1 aromatic heterocycles.